The second-order valence-corrected chi connectivity index (χ2v) is 6.69. The van der Waals surface area contributed by atoms with Crippen LogP contribution in [0.3, 0.4) is 0 Å². The van der Waals surface area contributed by atoms with E-state index in [4.69, 9.17) is 0 Å². The number of benzene rings is 1. The number of anilines is 3. The lowest BCUT2D eigenvalue weighted by Crippen LogP contribution is -2.53. The lowest BCUT2D eigenvalue weighted by molar-refractivity contribution is 0.201. The van der Waals surface area contributed by atoms with Crippen molar-refractivity contribution in [2.24, 2.45) is 0 Å². The molecule has 2 aromatic rings. The van der Waals surface area contributed by atoms with Crippen LogP contribution in [0.2, 0.25) is 0 Å². The van der Waals surface area contributed by atoms with E-state index in [1.165, 1.54) is 5.56 Å². The number of urea groups is 1. The van der Waals surface area contributed by atoms with Crippen molar-refractivity contribution in [2.75, 3.05) is 54.4 Å². The summed E-state index contributed by atoms with van der Waals surface area (Å²) in [5, 5.41) is 3.37. The number of rotatable bonds is 3. The molecule has 0 atom stereocenters. The number of para-hydroxylation sites is 1. The van der Waals surface area contributed by atoms with Gasteiger partial charge in [0.2, 0.25) is 0 Å². The van der Waals surface area contributed by atoms with E-state index in [9.17, 15) is 4.79 Å². The molecular weight excluding hydrogens is 326 g/mol. The Kier molecular flexibility index (Phi) is 4.65. The summed E-state index contributed by atoms with van der Waals surface area (Å²) in [4.78, 5) is 23.7. The smallest absolute Gasteiger partial charge is 0.324 e. The van der Waals surface area contributed by atoms with Crippen LogP contribution in [0.5, 0.6) is 0 Å². The van der Waals surface area contributed by atoms with Crippen molar-refractivity contribution in [1.82, 2.24) is 9.88 Å². The van der Waals surface area contributed by atoms with Gasteiger partial charge in [-0.2, -0.15) is 0 Å². The molecule has 6 nitrogen and oxygen atoms in total. The predicted molar refractivity (Wildman–Crippen MR) is 105 cm³/mol. The average Bonchev–Trinajstić information content (AvgIpc) is 3.12. The monoisotopic (exact) mass is 351 g/mol. The topological polar surface area (TPSA) is 51.7 Å². The standard InChI is InChI=1S/C20H25N5O/c1-2-21-17-7-5-10-22-19(17)23-12-14-24(15-13-23)20(26)25-11-9-16-6-3-4-8-18(16)25/h3-8,10,21H,2,9,11-15H2,1H3. The van der Waals surface area contributed by atoms with Crippen LogP contribution in [0.25, 0.3) is 0 Å². The molecule has 2 amide bonds. The normalized spacial score (nSPS) is 16.6. The number of amides is 2. The van der Waals surface area contributed by atoms with Crippen molar-refractivity contribution in [1.29, 1.82) is 0 Å². The highest BCUT2D eigenvalue weighted by atomic mass is 16.2. The van der Waals surface area contributed by atoms with E-state index in [0.717, 1.165) is 62.9 Å². The van der Waals surface area contributed by atoms with E-state index in [0.29, 0.717) is 0 Å². The van der Waals surface area contributed by atoms with E-state index < -0.39 is 0 Å². The number of nitrogens with one attached hydrogen (secondary N) is 1. The molecule has 1 saturated heterocycles. The third-order valence-corrected chi connectivity index (χ3v) is 5.12. The summed E-state index contributed by atoms with van der Waals surface area (Å²) in [6.45, 7) is 6.78. The van der Waals surface area contributed by atoms with Gasteiger partial charge < -0.3 is 15.1 Å². The quantitative estimate of drug-likeness (QED) is 0.924. The Bertz CT molecular complexity index is 785. The first-order valence-corrected chi connectivity index (χ1v) is 9.36. The molecule has 0 unspecified atom stereocenters. The summed E-state index contributed by atoms with van der Waals surface area (Å²) in [6.07, 6.45) is 2.77. The number of pyridine rings is 1. The number of carbonyl (C=O) groups excluding carboxylic acids is 1. The molecule has 1 aromatic carbocycles. The Balaban J connectivity index is 1.42. The van der Waals surface area contributed by atoms with Gasteiger partial charge in [-0.1, -0.05) is 18.2 Å². The lowest BCUT2D eigenvalue weighted by atomic mass is 10.2. The third kappa shape index (κ3) is 3.07. The molecule has 0 radical (unpaired) electrons. The summed E-state index contributed by atoms with van der Waals surface area (Å²) in [6, 6.07) is 12.3. The first-order chi connectivity index (χ1) is 12.8. The summed E-state index contributed by atoms with van der Waals surface area (Å²) in [7, 11) is 0. The second kappa shape index (κ2) is 7.23. The number of aromatic nitrogens is 1. The van der Waals surface area contributed by atoms with Gasteiger partial charge in [0, 0.05) is 51.2 Å². The maximum Gasteiger partial charge on any atom is 0.324 e. The van der Waals surface area contributed by atoms with Crippen LogP contribution in [0.4, 0.5) is 22.0 Å². The molecule has 0 saturated carbocycles. The van der Waals surface area contributed by atoms with Gasteiger partial charge in [-0.25, -0.2) is 9.78 Å². The molecule has 0 spiro atoms. The van der Waals surface area contributed by atoms with Crippen LogP contribution in [-0.4, -0.2) is 55.2 Å². The number of carbonyl (C=O) groups is 1. The minimum Gasteiger partial charge on any atom is -0.382 e. The number of hydrogen-bond donors (Lipinski definition) is 1. The van der Waals surface area contributed by atoms with Crippen molar-refractivity contribution in [3.8, 4) is 0 Å². The average molecular weight is 351 g/mol. The van der Waals surface area contributed by atoms with Crippen molar-refractivity contribution in [2.45, 2.75) is 13.3 Å². The Morgan fingerprint density at radius 1 is 1.08 bits per heavy atom. The van der Waals surface area contributed by atoms with Gasteiger partial charge in [-0.05, 0) is 37.1 Å². The Labute approximate surface area is 154 Å². The minimum atomic E-state index is 0.127. The number of piperazine rings is 1. The van der Waals surface area contributed by atoms with E-state index in [-0.39, 0.29) is 6.03 Å². The van der Waals surface area contributed by atoms with Gasteiger partial charge in [-0.15, -0.1) is 0 Å². The molecule has 2 aliphatic heterocycles. The van der Waals surface area contributed by atoms with E-state index in [1.54, 1.807) is 0 Å². The van der Waals surface area contributed by atoms with Gasteiger partial charge in [0.15, 0.2) is 5.82 Å². The maximum absolute atomic E-state index is 13.0. The van der Waals surface area contributed by atoms with Gasteiger partial charge in [0.25, 0.3) is 0 Å². The largest absolute Gasteiger partial charge is 0.382 e. The van der Waals surface area contributed by atoms with Crippen molar-refractivity contribution in [3.63, 3.8) is 0 Å². The van der Waals surface area contributed by atoms with Crippen LogP contribution in [0.15, 0.2) is 42.6 Å². The fourth-order valence-electron chi connectivity index (χ4n) is 3.79. The first-order valence-electron chi connectivity index (χ1n) is 9.36. The summed E-state index contributed by atoms with van der Waals surface area (Å²) < 4.78 is 0. The molecule has 136 valence electrons. The lowest BCUT2D eigenvalue weighted by Gasteiger charge is -2.37. The van der Waals surface area contributed by atoms with Crippen LogP contribution in [-0.2, 0) is 6.42 Å². The first kappa shape index (κ1) is 16.7. The van der Waals surface area contributed by atoms with Gasteiger partial charge in [0.1, 0.15) is 0 Å². The third-order valence-electron chi connectivity index (χ3n) is 5.12. The van der Waals surface area contributed by atoms with Gasteiger partial charge in [-0.3, -0.25) is 4.90 Å². The molecule has 1 aromatic heterocycles. The Morgan fingerprint density at radius 2 is 1.88 bits per heavy atom. The molecule has 2 aliphatic rings. The Hall–Kier alpha value is -2.76. The fourth-order valence-corrected chi connectivity index (χ4v) is 3.79. The van der Waals surface area contributed by atoms with Gasteiger partial charge >= 0.3 is 6.03 Å². The van der Waals surface area contributed by atoms with Gasteiger partial charge in [0.05, 0.1) is 5.69 Å². The predicted octanol–water partition coefficient (Wildman–Crippen LogP) is 2.82. The molecule has 1 fully saturated rings. The molecule has 6 heteroatoms. The van der Waals surface area contributed by atoms with E-state index >= 15 is 0 Å². The van der Waals surface area contributed by atoms with Crippen LogP contribution >= 0.6 is 0 Å². The minimum absolute atomic E-state index is 0.127. The summed E-state index contributed by atoms with van der Waals surface area (Å²) in [5.41, 5.74) is 3.39. The zero-order chi connectivity index (χ0) is 17.9. The van der Waals surface area contributed by atoms with Crippen molar-refractivity contribution >= 4 is 23.2 Å². The number of hydrogen-bond acceptors (Lipinski definition) is 4. The molecular formula is C20H25N5O. The fraction of sp³-hybridized carbons (Fsp3) is 0.400. The highest BCUT2D eigenvalue weighted by Gasteiger charge is 2.30. The second-order valence-electron chi connectivity index (χ2n) is 6.69. The molecule has 4 rings (SSSR count). The molecule has 0 aliphatic carbocycles. The zero-order valence-electron chi connectivity index (χ0n) is 15.2. The van der Waals surface area contributed by atoms with Crippen molar-refractivity contribution < 1.29 is 4.79 Å². The van der Waals surface area contributed by atoms with E-state index in [2.05, 4.69) is 34.3 Å². The van der Waals surface area contributed by atoms with Crippen molar-refractivity contribution in [3.05, 3.63) is 48.2 Å². The summed E-state index contributed by atoms with van der Waals surface area (Å²) in [5.74, 6) is 0.980. The Morgan fingerprint density at radius 3 is 2.69 bits per heavy atom. The van der Waals surface area contributed by atoms with Crippen LogP contribution in [0.1, 0.15) is 12.5 Å². The SMILES string of the molecule is CCNc1cccnc1N1CCN(C(=O)N2CCc3ccccc32)CC1. The zero-order valence-corrected chi connectivity index (χ0v) is 15.2. The summed E-state index contributed by atoms with van der Waals surface area (Å²) >= 11 is 0. The molecule has 0 bridgehead atoms. The highest BCUT2D eigenvalue weighted by molar-refractivity contribution is 5.94. The highest BCUT2D eigenvalue weighted by Crippen LogP contribution is 2.29. The maximum atomic E-state index is 13.0. The number of fused-ring (bicyclic) bond motifs is 1. The van der Waals surface area contributed by atoms with Crippen LogP contribution in [0, 0.1) is 0 Å². The van der Waals surface area contributed by atoms with Crippen LogP contribution < -0.4 is 15.1 Å². The molecule has 1 N–H and O–H groups in total. The van der Waals surface area contributed by atoms with E-state index in [1.807, 2.05) is 40.3 Å². The molecule has 3 heterocycles. The molecule has 26 heavy (non-hydrogen) atoms. The number of nitrogens with zero attached hydrogens (tertiary/aromatic N) is 4.